The first-order valence-corrected chi connectivity index (χ1v) is 28.6. The van der Waals surface area contributed by atoms with Crippen LogP contribution in [0, 0.1) is 34.4 Å². The molecule has 3 aliphatic heterocycles. The highest BCUT2D eigenvalue weighted by molar-refractivity contribution is 6.90. The maximum Gasteiger partial charge on any atom is 0.410 e. The minimum absolute atomic E-state index is 0.00950. The van der Waals surface area contributed by atoms with E-state index in [0.717, 1.165) is 58.2 Å². The SMILES string of the molecule is CCOC(=O)COCC1CCN(CC2(COc3nc(N4CC5CCC(C4)N5C(=O)OC(C)(C)C)c4cnc(-c5cc(OCOC)cc6ccc(F)c(C#C[Si](C(C)C)(C(C)C)C(C)C)c56)c(F)c4n3)CC2)CC1. The Kier molecular flexibility index (Phi) is 16.6. The molecular formula is C56H76F2N6O8Si. The number of amides is 1. The quantitative estimate of drug-likeness (QED) is 0.0405. The van der Waals surface area contributed by atoms with Crippen LogP contribution in [0.3, 0.4) is 0 Å². The molecule has 2 aromatic heterocycles. The van der Waals surface area contributed by atoms with Crippen LogP contribution in [0.5, 0.6) is 11.8 Å². The fourth-order valence-corrected chi connectivity index (χ4v) is 17.0. The molecule has 0 spiro atoms. The van der Waals surface area contributed by atoms with E-state index >= 15 is 8.78 Å². The van der Waals surface area contributed by atoms with Crippen LogP contribution in [0.2, 0.25) is 16.6 Å². The lowest BCUT2D eigenvalue weighted by Gasteiger charge is -2.42. The van der Waals surface area contributed by atoms with Gasteiger partial charge in [0.2, 0.25) is 0 Å². The molecule has 73 heavy (non-hydrogen) atoms. The molecule has 2 aromatic carbocycles. The fourth-order valence-electron chi connectivity index (χ4n) is 11.8. The molecular weight excluding hydrogens is 951 g/mol. The molecule has 4 fully saturated rings. The number of piperazine rings is 1. The predicted octanol–water partition coefficient (Wildman–Crippen LogP) is 10.7. The first-order valence-electron chi connectivity index (χ1n) is 26.4. The third-order valence-corrected chi connectivity index (χ3v) is 21.8. The number of hydrogen-bond acceptors (Lipinski definition) is 13. The van der Waals surface area contributed by atoms with Crippen molar-refractivity contribution in [2.24, 2.45) is 11.3 Å². The van der Waals surface area contributed by atoms with Crippen molar-refractivity contribution in [3.8, 4) is 34.5 Å². The number of carbonyl (C=O) groups is 2. The van der Waals surface area contributed by atoms with Gasteiger partial charge in [-0.2, -0.15) is 9.97 Å². The van der Waals surface area contributed by atoms with Crippen LogP contribution < -0.4 is 14.4 Å². The number of rotatable bonds is 18. The lowest BCUT2D eigenvalue weighted by Crippen LogP contribution is -2.57. The number of ether oxygens (including phenoxy) is 6. The average Bonchev–Trinajstić information content (AvgIpc) is 4.04. The first-order chi connectivity index (χ1) is 34.8. The number of nitrogens with zero attached hydrogens (tertiary/aromatic N) is 6. The Bertz CT molecular complexity index is 2670. The number of aromatic nitrogens is 3. The molecule has 2 atom stereocenters. The Balaban J connectivity index is 1.17. The van der Waals surface area contributed by atoms with E-state index in [0.29, 0.717) is 88.7 Å². The third-order valence-electron chi connectivity index (χ3n) is 15.5. The monoisotopic (exact) mass is 1030 g/mol. The number of benzene rings is 2. The summed E-state index contributed by atoms with van der Waals surface area (Å²) in [5.41, 5.74) is 4.28. The summed E-state index contributed by atoms with van der Waals surface area (Å²) in [7, 11) is -0.815. The number of pyridine rings is 1. The van der Waals surface area contributed by atoms with Gasteiger partial charge in [-0.25, -0.2) is 18.4 Å². The summed E-state index contributed by atoms with van der Waals surface area (Å²) < 4.78 is 68.9. The number of carbonyl (C=O) groups excluding carboxylic acids is 2. The van der Waals surface area contributed by atoms with Crippen molar-refractivity contribution >= 4 is 47.6 Å². The molecule has 1 amide bonds. The van der Waals surface area contributed by atoms with Crippen LogP contribution in [0.1, 0.15) is 113 Å². The molecule has 17 heteroatoms. The van der Waals surface area contributed by atoms with Crippen molar-refractivity contribution in [1.82, 2.24) is 24.8 Å². The molecule has 1 aliphatic carbocycles. The summed E-state index contributed by atoms with van der Waals surface area (Å²) in [5, 5.41) is 1.41. The number of hydrogen-bond donors (Lipinski definition) is 0. The third kappa shape index (κ3) is 11.9. The van der Waals surface area contributed by atoms with Crippen LogP contribution in [0.15, 0.2) is 30.5 Å². The largest absolute Gasteiger partial charge is 0.468 e. The van der Waals surface area contributed by atoms with Gasteiger partial charge in [0.25, 0.3) is 0 Å². The van der Waals surface area contributed by atoms with E-state index in [-0.39, 0.29) is 65.7 Å². The topological polar surface area (TPSA) is 138 Å². The van der Waals surface area contributed by atoms with Gasteiger partial charge in [0.05, 0.1) is 42.9 Å². The molecule has 1 saturated carbocycles. The molecule has 2 bridgehead atoms. The van der Waals surface area contributed by atoms with E-state index in [2.05, 4.69) is 62.8 Å². The summed E-state index contributed by atoms with van der Waals surface area (Å²) in [6.45, 7) is 25.3. The van der Waals surface area contributed by atoms with Crippen LogP contribution >= 0.6 is 0 Å². The summed E-state index contributed by atoms with van der Waals surface area (Å²) in [5.74, 6) is 3.01. The lowest BCUT2D eigenvalue weighted by molar-refractivity contribution is -0.149. The zero-order valence-electron chi connectivity index (χ0n) is 44.9. The van der Waals surface area contributed by atoms with Gasteiger partial charge in [-0.3, -0.25) is 9.88 Å². The normalized spacial score (nSPS) is 19.2. The zero-order valence-corrected chi connectivity index (χ0v) is 45.9. The van der Waals surface area contributed by atoms with Gasteiger partial charge in [0.1, 0.15) is 48.9 Å². The molecule has 4 aliphatic rings. The van der Waals surface area contributed by atoms with Crippen LogP contribution in [-0.4, -0.2) is 136 Å². The van der Waals surface area contributed by atoms with E-state index in [4.69, 9.17) is 43.4 Å². The zero-order chi connectivity index (χ0) is 52.4. The smallest absolute Gasteiger partial charge is 0.410 e. The first kappa shape index (κ1) is 54.1. The molecule has 5 heterocycles. The molecule has 3 saturated heterocycles. The van der Waals surface area contributed by atoms with Gasteiger partial charge < -0.3 is 38.2 Å². The Morgan fingerprint density at radius 1 is 0.932 bits per heavy atom. The fraction of sp³-hybridized carbons (Fsp3) is 0.625. The van der Waals surface area contributed by atoms with Crippen LogP contribution in [0.4, 0.5) is 19.4 Å². The van der Waals surface area contributed by atoms with E-state index in [1.54, 1.807) is 31.3 Å². The standard InChI is InChI=1S/C56H76F2N6O8Si/c1-12-69-47(65)31-68-30-38-17-22-62(23-18-38)32-56(20-21-56)33-70-53-60-51-45(52(61-53)63-28-40-14-15-41(29-63)64(40)54(66)72-55(8,9)10)27-59-50(49(51)58)44-26-42(71-34-67-11)25-39-13-16-46(57)43(48(39)44)19-24-73(35(2)3,36(4)5)37(6)7/h13,16,25-27,35-38,40-41H,12,14-15,17-18,20-23,28-34H2,1-11H3. The van der Waals surface area contributed by atoms with Crippen molar-refractivity contribution in [2.45, 2.75) is 142 Å². The van der Waals surface area contributed by atoms with E-state index < -0.39 is 25.3 Å². The van der Waals surface area contributed by atoms with Gasteiger partial charge in [-0.05, 0) is 125 Å². The summed E-state index contributed by atoms with van der Waals surface area (Å²) in [6, 6.07) is 6.27. The maximum absolute atomic E-state index is 18.1. The molecule has 4 aromatic rings. The lowest BCUT2D eigenvalue weighted by atomic mass is 9.95. The van der Waals surface area contributed by atoms with Gasteiger partial charge in [-0.15, -0.1) is 5.54 Å². The minimum Gasteiger partial charge on any atom is -0.468 e. The van der Waals surface area contributed by atoms with Crippen molar-refractivity contribution in [3.05, 3.63) is 47.7 Å². The number of fused-ring (bicyclic) bond motifs is 4. The van der Waals surface area contributed by atoms with E-state index in [9.17, 15) is 9.59 Å². The highest BCUT2D eigenvalue weighted by Crippen LogP contribution is 2.48. The summed E-state index contributed by atoms with van der Waals surface area (Å²) in [4.78, 5) is 46.5. The summed E-state index contributed by atoms with van der Waals surface area (Å²) in [6.07, 6.45) is 6.69. The Morgan fingerprint density at radius 2 is 1.62 bits per heavy atom. The van der Waals surface area contributed by atoms with Crippen LogP contribution in [-0.2, 0) is 23.7 Å². The van der Waals surface area contributed by atoms with E-state index in [1.165, 1.54) is 13.2 Å². The molecule has 8 rings (SSSR count). The number of esters is 1. The van der Waals surface area contributed by atoms with Crippen molar-refractivity contribution in [2.75, 3.05) is 78.0 Å². The Labute approximate surface area is 431 Å². The van der Waals surface area contributed by atoms with E-state index in [1.807, 2.05) is 25.7 Å². The van der Waals surface area contributed by atoms with Gasteiger partial charge in [-0.1, -0.05) is 53.5 Å². The maximum atomic E-state index is 18.1. The Morgan fingerprint density at radius 3 is 2.23 bits per heavy atom. The van der Waals surface area contributed by atoms with Crippen molar-refractivity contribution in [3.63, 3.8) is 0 Å². The van der Waals surface area contributed by atoms with Crippen molar-refractivity contribution in [1.29, 1.82) is 0 Å². The van der Waals surface area contributed by atoms with Crippen LogP contribution in [0.25, 0.3) is 32.9 Å². The minimum atomic E-state index is -2.34. The predicted molar refractivity (Wildman–Crippen MR) is 281 cm³/mol. The molecule has 396 valence electrons. The molecule has 2 unspecified atom stereocenters. The number of halogens is 2. The molecule has 14 nitrogen and oxygen atoms in total. The number of piperidine rings is 1. The average molecular weight is 1030 g/mol. The van der Waals surface area contributed by atoms with Crippen molar-refractivity contribution < 1.29 is 46.8 Å². The van der Waals surface area contributed by atoms with Gasteiger partial charge in [0.15, 0.2) is 12.6 Å². The van der Waals surface area contributed by atoms with Gasteiger partial charge in [0, 0.05) is 49.3 Å². The number of anilines is 1. The second-order valence-electron chi connectivity index (χ2n) is 22.7. The van der Waals surface area contributed by atoms with Gasteiger partial charge >= 0.3 is 18.1 Å². The number of likely N-dealkylation sites (tertiary alicyclic amines) is 1. The number of methoxy groups -OCH3 is 1. The second-order valence-corrected chi connectivity index (χ2v) is 28.3. The molecule has 0 N–H and O–H groups in total. The molecule has 0 radical (unpaired) electrons. The Hall–Kier alpha value is -5.15. The second kappa shape index (κ2) is 22.4. The highest BCUT2D eigenvalue weighted by atomic mass is 28.3. The highest BCUT2D eigenvalue weighted by Gasteiger charge is 2.47. The summed E-state index contributed by atoms with van der Waals surface area (Å²) >= 11 is 0.